The molecule has 4 unspecified atom stereocenters. The lowest BCUT2D eigenvalue weighted by Crippen LogP contribution is -2.56. The molecule has 0 spiro atoms. The second-order valence-electron chi connectivity index (χ2n) is 6.91. The Bertz CT molecular complexity index is 362. The van der Waals surface area contributed by atoms with Crippen molar-refractivity contribution in [2.75, 3.05) is 19.6 Å². The summed E-state index contributed by atoms with van der Waals surface area (Å²) < 4.78 is 0. The van der Waals surface area contributed by atoms with E-state index in [0.29, 0.717) is 23.8 Å². The fourth-order valence-electron chi connectivity index (χ4n) is 4.39. The number of nitrogens with zero attached hydrogens (tertiary/aromatic N) is 1. The summed E-state index contributed by atoms with van der Waals surface area (Å²) in [5.74, 6) is 2.08. The first-order chi connectivity index (χ1) is 9.78. The summed E-state index contributed by atoms with van der Waals surface area (Å²) in [6.45, 7) is 7.18. The molecule has 1 saturated carbocycles. The van der Waals surface area contributed by atoms with E-state index in [-0.39, 0.29) is 0 Å². The largest absolute Gasteiger partial charge is 0.354 e. The average Bonchev–Trinajstić information content (AvgIpc) is 2.53. The molecular formula is C17H28N2O. The highest BCUT2D eigenvalue weighted by molar-refractivity contribution is 5.78. The monoisotopic (exact) mass is 276 g/mol. The van der Waals surface area contributed by atoms with Crippen LogP contribution in [-0.4, -0.2) is 36.5 Å². The van der Waals surface area contributed by atoms with Gasteiger partial charge >= 0.3 is 0 Å². The molecule has 20 heavy (non-hydrogen) atoms. The van der Waals surface area contributed by atoms with Crippen LogP contribution in [0.2, 0.25) is 0 Å². The molecule has 0 aromatic carbocycles. The van der Waals surface area contributed by atoms with Crippen LogP contribution in [-0.2, 0) is 4.79 Å². The first-order valence-corrected chi connectivity index (χ1v) is 8.42. The number of fused-ring (bicyclic) bond motifs is 3. The Balaban J connectivity index is 1.47. The topological polar surface area (TPSA) is 32.3 Å². The third-order valence-electron chi connectivity index (χ3n) is 5.72. The summed E-state index contributed by atoms with van der Waals surface area (Å²) in [4.78, 5) is 14.8. The van der Waals surface area contributed by atoms with Gasteiger partial charge in [0, 0.05) is 25.0 Å². The van der Waals surface area contributed by atoms with Crippen LogP contribution in [0.5, 0.6) is 0 Å². The molecule has 1 aliphatic carbocycles. The van der Waals surface area contributed by atoms with Crippen LogP contribution < -0.4 is 5.32 Å². The minimum atomic E-state index is 0.292. The van der Waals surface area contributed by atoms with Gasteiger partial charge in [-0.2, -0.15) is 0 Å². The van der Waals surface area contributed by atoms with E-state index in [1.165, 1.54) is 38.6 Å². The smallest absolute Gasteiger partial charge is 0.223 e. The first kappa shape index (κ1) is 14.1. The van der Waals surface area contributed by atoms with E-state index in [4.69, 9.17) is 0 Å². The molecule has 3 saturated heterocycles. The Kier molecular flexibility index (Phi) is 4.45. The second kappa shape index (κ2) is 6.30. The van der Waals surface area contributed by atoms with Crippen LogP contribution >= 0.6 is 0 Å². The zero-order valence-corrected chi connectivity index (χ0v) is 12.5. The van der Waals surface area contributed by atoms with Crippen molar-refractivity contribution in [1.82, 2.24) is 10.2 Å². The minimum Gasteiger partial charge on any atom is -0.354 e. The van der Waals surface area contributed by atoms with E-state index in [1.807, 2.05) is 0 Å². The lowest BCUT2D eigenvalue weighted by Gasteiger charge is -2.49. The quantitative estimate of drug-likeness (QED) is 0.800. The Labute approximate surface area is 122 Å². The molecular weight excluding hydrogens is 248 g/mol. The Morgan fingerprint density at radius 3 is 2.70 bits per heavy atom. The molecule has 0 aromatic rings. The van der Waals surface area contributed by atoms with Crippen molar-refractivity contribution in [2.45, 2.75) is 51.0 Å². The fraction of sp³-hybridized carbons (Fsp3) is 0.824. The maximum atomic E-state index is 12.2. The van der Waals surface area contributed by atoms with Gasteiger partial charge in [-0.1, -0.05) is 25.3 Å². The van der Waals surface area contributed by atoms with E-state index in [9.17, 15) is 4.79 Å². The molecule has 3 nitrogen and oxygen atoms in total. The van der Waals surface area contributed by atoms with E-state index in [0.717, 1.165) is 31.8 Å². The van der Waals surface area contributed by atoms with Crippen LogP contribution in [0.3, 0.4) is 0 Å². The van der Waals surface area contributed by atoms with Crippen LogP contribution in [0.4, 0.5) is 0 Å². The number of nitrogens with one attached hydrogen (secondary N) is 1. The number of rotatable bonds is 4. The van der Waals surface area contributed by atoms with Gasteiger partial charge in [-0.3, -0.25) is 9.69 Å². The molecule has 4 atom stereocenters. The number of amides is 1. The van der Waals surface area contributed by atoms with Crippen LogP contribution in [0, 0.1) is 17.8 Å². The molecule has 3 heterocycles. The zero-order valence-electron chi connectivity index (χ0n) is 12.5. The fourth-order valence-corrected chi connectivity index (χ4v) is 4.39. The molecule has 3 heteroatoms. The molecule has 1 N–H and O–H groups in total. The summed E-state index contributed by atoms with van der Waals surface area (Å²) in [5.41, 5.74) is 0. The average molecular weight is 276 g/mol. The molecule has 4 fully saturated rings. The van der Waals surface area contributed by atoms with Gasteiger partial charge in [0.05, 0.1) is 0 Å². The number of carbonyl (C=O) groups is 1. The number of piperidine rings is 3. The highest BCUT2D eigenvalue weighted by Crippen LogP contribution is 2.36. The van der Waals surface area contributed by atoms with Crippen molar-refractivity contribution < 1.29 is 4.79 Å². The van der Waals surface area contributed by atoms with Gasteiger partial charge in [-0.05, 0) is 44.1 Å². The number of carbonyl (C=O) groups excluding carboxylic acids is 1. The standard InChI is InChI=1S/C17H28N2O/c1-2-13-12-19-9-8-15(13)10-16(19)11-18-17(20)14-6-4-3-5-7-14/h2,13-16H,1,3-12H2,(H,18,20). The van der Waals surface area contributed by atoms with Crippen LogP contribution in [0.1, 0.15) is 44.9 Å². The van der Waals surface area contributed by atoms with E-state index in [2.05, 4.69) is 22.9 Å². The number of hydrogen-bond acceptors (Lipinski definition) is 2. The Morgan fingerprint density at radius 2 is 2.05 bits per heavy atom. The lowest BCUT2D eigenvalue weighted by atomic mass is 9.75. The molecule has 0 aromatic heterocycles. The van der Waals surface area contributed by atoms with E-state index < -0.39 is 0 Å². The van der Waals surface area contributed by atoms with Crippen molar-refractivity contribution in [2.24, 2.45) is 17.8 Å². The van der Waals surface area contributed by atoms with Gasteiger partial charge in [0.2, 0.25) is 5.91 Å². The maximum absolute atomic E-state index is 12.2. The van der Waals surface area contributed by atoms with Gasteiger partial charge in [-0.25, -0.2) is 0 Å². The zero-order chi connectivity index (χ0) is 13.9. The summed E-state index contributed by atoms with van der Waals surface area (Å²) in [7, 11) is 0. The summed E-state index contributed by atoms with van der Waals surface area (Å²) >= 11 is 0. The van der Waals surface area contributed by atoms with Crippen molar-refractivity contribution in [3.05, 3.63) is 12.7 Å². The SMILES string of the molecule is C=CC1CN2CCC1CC2CNC(=O)C1CCCCC1. The highest BCUT2D eigenvalue weighted by atomic mass is 16.1. The van der Waals surface area contributed by atoms with Crippen molar-refractivity contribution in [1.29, 1.82) is 0 Å². The van der Waals surface area contributed by atoms with E-state index >= 15 is 0 Å². The molecule has 4 aliphatic rings. The highest BCUT2D eigenvalue weighted by Gasteiger charge is 2.38. The summed E-state index contributed by atoms with van der Waals surface area (Å²) in [5, 5.41) is 3.23. The van der Waals surface area contributed by atoms with Crippen LogP contribution in [0.15, 0.2) is 12.7 Å². The second-order valence-corrected chi connectivity index (χ2v) is 6.91. The molecule has 112 valence electrons. The van der Waals surface area contributed by atoms with Crippen molar-refractivity contribution in [3.8, 4) is 0 Å². The van der Waals surface area contributed by atoms with Gasteiger partial charge in [-0.15, -0.1) is 6.58 Å². The normalized spacial score (nSPS) is 37.6. The molecule has 3 aliphatic heterocycles. The molecule has 2 bridgehead atoms. The van der Waals surface area contributed by atoms with Crippen molar-refractivity contribution >= 4 is 5.91 Å². The van der Waals surface area contributed by atoms with E-state index in [1.54, 1.807) is 0 Å². The maximum Gasteiger partial charge on any atom is 0.223 e. The predicted molar refractivity (Wildman–Crippen MR) is 81.4 cm³/mol. The first-order valence-electron chi connectivity index (χ1n) is 8.42. The van der Waals surface area contributed by atoms with Gasteiger partial charge in [0.15, 0.2) is 0 Å². The van der Waals surface area contributed by atoms with Gasteiger partial charge in [0.25, 0.3) is 0 Å². The molecule has 0 radical (unpaired) electrons. The third-order valence-corrected chi connectivity index (χ3v) is 5.72. The molecule has 4 rings (SSSR count). The molecule has 1 amide bonds. The van der Waals surface area contributed by atoms with Crippen LogP contribution in [0.25, 0.3) is 0 Å². The van der Waals surface area contributed by atoms with Gasteiger partial charge < -0.3 is 5.32 Å². The summed E-state index contributed by atoms with van der Waals surface area (Å²) in [6.07, 6.45) is 10.7. The predicted octanol–water partition coefficient (Wildman–Crippen LogP) is 2.58. The Morgan fingerprint density at radius 1 is 1.25 bits per heavy atom. The number of hydrogen-bond donors (Lipinski definition) is 1. The summed E-state index contributed by atoms with van der Waals surface area (Å²) in [6, 6.07) is 0.567. The third kappa shape index (κ3) is 2.93. The lowest BCUT2D eigenvalue weighted by molar-refractivity contribution is -0.126. The van der Waals surface area contributed by atoms with Crippen molar-refractivity contribution in [3.63, 3.8) is 0 Å². The van der Waals surface area contributed by atoms with Gasteiger partial charge in [0.1, 0.15) is 0 Å². The minimum absolute atomic E-state index is 0.292. The Hall–Kier alpha value is -0.830.